The Morgan fingerprint density at radius 1 is 0.915 bits per heavy atom. The van der Waals surface area contributed by atoms with Crippen LogP contribution < -0.4 is 26.8 Å². The van der Waals surface area contributed by atoms with Crippen molar-refractivity contribution in [3.63, 3.8) is 0 Å². The molecule has 2 atom stereocenters. The molecule has 10 N–H and O–H groups in total. The molecule has 1 aromatic rings. The third kappa shape index (κ3) is 14.6. The van der Waals surface area contributed by atoms with Crippen molar-refractivity contribution < 1.29 is 54.1 Å². The molecule has 0 aliphatic carbocycles. The van der Waals surface area contributed by atoms with Crippen molar-refractivity contribution in [3.8, 4) is 0 Å². The molecule has 1 aliphatic heterocycles. The first-order valence-electron chi connectivity index (χ1n) is 14.9. The second-order valence-corrected chi connectivity index (χ2v) is 10.8. The maximum absolute atomic E-state index is 12.7. The van der Waals surface area contributed by atoms with Crippen molar-refractivity contribution in [3.05, 3.63) is 29.8 Å². The van der Waals surface area contributed by atoms with Crippen LogP contribution in [0.25, 0.3) is 0 Å². The number of hydrogen-bond donors (Lipinski definition) is 10. The number of nitrogens with one attached hydrogen (secondary N) is 5. The van der Waals surface area contributed by atoms with Crippen molar-refractivity contribution in [2.45, 2.75) is 31.7 Å². The Morgan fingerprint density at radius 3 is 2.15 bits per heavy atom. The maximum Gasteiger partial charge on any atom is 0.475 e. The number of hydrazine groups is 1. The smallest absolute Gasteiger partial charge is 0.475 e. The molecule has 1 saturated heterocycles. The molecule has 20 heteroatoms. The first-order chi connectivity index (χ1) is 22.3. The van der Waals surface area contributed by atoms with Crippen LogP contribution in [0.5, 0.6) is 0 Å². The van der Waals surface area contributed by atoms with Crippen LogP contribution in [0, 0.1) is 0 Å². The average Bonchev–Trinajstić information content (AvgIpc) is 3.50. The van der Waals surface area contributed by atoms with Gasteiger partial charge in [-0.05, 0) is 44.0 Å². The van der Waals surface area contributed by atoms with Gasteiger partial charge in [-0.25, -0.2) is 4.79 Å². The fourth-order valence-electron chi connectivity index (χ4n) is 4.82. The molecule has 1 heterocycles. The summed E-state index contributed by atoms with van der Waals surface area (Å²) in [4.78, 5) is 75.5. The van der Waals surface area contributed by atoms with E-state index in [0.29, 0.717) is 25.1 Å². The Bertz CT molecular complexity index is 1220. The summed E-state index contributed by atoms with van der Waals surface area (Å²) in [6, 6.07) is 5.12. The van der Waals surface area contributed by atoms with Gasteiger partial charge in [0.15, 0.2) is 0 Å². The standard InChI is InChI=1S/C27H43BN8O11/c1-18(26(43)36-10-2-3-21(36)28(46)47)31-25(42)19-4-6-20(7-5-19)32-33-22(37)16-34(11-8-29-15-23(38)39)13-14-35(17-24(40)41)12-9-30-27(44)45/h4-7,18,21,29-30,32,46-47H,2-3,8-17H2,1H3,(H,31,42)(H,33,37)(H,38,39)(H,40,41)(H,44,45)/t18-,21+/m1/s1. The summed E-state index contributed by atoms with van der Waals surface area (Å²) in [5, 5.41) is 53.3. The molecule has 0 radical (unpaired) electrons. The van der Waals surface area contributed by atoms with E-state index in [0.717, 1.165) is 0 Å². The molecule has 0 spiro atoms. The molecule has 1 fully saturated rings. The number of aliphatic carboxylic acids is 2. The molecule has 0 aromatic heterocycles. The van der Waals surface area contributed by atoms with Crippen LogP contribution in [0.3, 0.4) is 0 Å². The predicted molar refractivity (Wildman–Crippen MR) is 167 cm³/mol. The highest BCUT2D eigenvalue weighted by Crippen LogP contribution is 2.19. The monoisotopic (exact) mass is 666 g/mol. The fraction of sp³-hybridized carbons (Fsp3) is 0.556. The number of amides is 4. The number of anilines is 1. The quantitative estimate of drug-likeness (QED) is 0.0353. The number of hydrogen-bond acceptors (Lipinski definition) is 12. The van der Waals surface area contributed by atoms with Crippen molar-refractivity contribution in [2.24, 2.45) is 0 Å². The van der Waals surface area contributed by atoms with E-state index in [1.165, 1.54) is 41.0 Å². The van der Waals surface area contributed by atoms with Gasteiger partial charge in [-0.2, -0.15) is 0 Å². The summed E-state index contributed by atoms with van der Waals surface area (Å²) in [6.45, 7) is 2.08. The first-order valence-corrected chi connectivity index (χ1v) is 14.9. The number of carbonyl (C=O) groups is 6. The minimum atomic E-state index is -1.66. The Labute approximate surface area is 271 Å². The first kappa shape index (κ1) is 38.7. The zero-order chi connectivity index (χ0) is 34.9. The zero-order valence-corrected chi connectivity index (χ0v) is 26.1. The molecule has 260 valence electrons. The van der Waals surface area contributed by atoms with E-state index in [1.54, 1.807) is 4.90 Å². The molecular formula is C27H43BN8O11. The van der Waals surface area contributed by atoms with Crippen molar-refractivity contribution in [1.29, 1.82) is 0 Å². The van der Waals surface area contributed by atoms with E-state index in [2.05, 4.69) is 26.8 Å². The Hall–Kier alpha value is -4.50. The van der Waals surface area contributed by atoms with Gasteiger partial charge in [-0.15, -0.1) is 0 Å². The van der Waals surface area contributed by atoms with Gasteiger partial charge in [-0.1, -0.05) is 0 Å². The number of likely N-dealkylation sites (tertiary alicyclic amines) is 1. The zero-order valence-electron chi connectivity index (χ0n) is 26.1. The summed E-state index contributed by atoms with van der Waals surface area (Å²) < 4.78 is 0. The number of carbonyl (C=O) groups excluding carboxylic acids is 3. The second-order valence-electron chi connectivity index (χ2n) is 10.8. The van der Waals surface area contributed by atoms with Crippen LogP contribution >= 0.6 is 0 Å². The van der Waals surface area contributed by atoms with Crippen LogP contribution in [0.2, 0.25) is 0 Å². The highest BCUT2D eigenvalue weighted by atomic mass is 16.4. The molecule has 4 amide bonds. The molecule has 0 saturated carbocycles. The lowest BCUT2D eigenvalue weighted by molar-refractivity contribution is -0.138. The van der Waals surface area contributed by atoms with E-state index in [9.17, 15) is 43.9 Å². The summed E-state index contributed by atoms with van der Waals surface area (Å²) >= 11 is 0. The summed E-state index contributed by atoms with van der Waals surface area (Å²) in [5.74, 6) is -4.30. The van der Waals surface area contributed by atoms with Gasteiger partial charge in [0.1, 0.15) is 6.04 Å². The van der Waals surface area contributed by atoms with Crippen LogP contribution in [-0.2, 0) is 19.2 Å². The van der Waals surface area contributed by atoms with Gasteiger partial charge >= 0.3 is 25.2 Å². The highest BCUT2D eigenvalue weighted by Gasteiger charge is 2.38. The molecule has 1 aliphatic rings. The van der Waals surface area contributed by atoms with Crippen LogP contribution in [0.4, 0.5) is 10.5 Å². The van der Waals surface area contributed by atoms with E-state index >= 15 is 0 Å². The average molecular weight is 666 g/mol. The van der Waals surface area contributed by atoms with Gasteiger partial charge in [0.2, 0.25) is 5.91 Å². The van der Waals surface area contributed by atoms with Crippen molar-refractivity contribution in [2.75, 3.05) is 70.9 Å². The summed E-state index contributed by atoms with van der Waals surface area (Å²) in [7, 11) is -1.66. The maximum atomic E-state index is 12.7. The van der Waals surface area contributed by atoms with Crippen LogP contribution in [0.15, 0.2) is 24.3 Å². The Kier molecular flexibility index (Phi) is 16.4. The van der Waals surface area contributed by atoms with Crippen LogP contribution in [0.1, 0.15) is 30.1 Å². The SMILES string of the molecule is C[C@@H](NC(=O)c1ccc(NNC(=O)CN(CCNCC(=O)O)CCN(CCNC(=O)O)CC(=O)O)cc1)C(=O)N1CCC[C@H]1B(O)O. The van der Waals surface area contributed by atoms with Gasteiger partial charge in [0.25, 0.3) is 11.8 Å². The minimum Gasteiger partial charge on any atom is -0.480 e. The number of rotatable bonds is 21. The number of benzene rings is 1. The number of carboxylic acids is 2. The predicted octanol–water partition coefficient (Wildman–Crippen LogP) is -3.12. The van der Waals surface area contributed by atoms with Crippen molar-refractivity contribution in [1.82, 2.24) is 36.1 Å². The lowest BCUT2D eigenvalue weighted by atomic mass is 9.78. The summed E-state index contributed by atoms with van der Waals surface area (Å²) in [6.07, 6.45) is -0.162. The third-order valence-electron chi connectivity index (χ3n) is 7.18. The largest absolute Gasteiger partial charge is 0.480 e. The molecule has 47 heavy (non-hydrogen) atoms. The molecule has 1 aromatic carbocycles. The normalized spacial score (nSPS) is 14.8. The molecular weight excluding hydrogens is 623 g/mol. The van der Waals surface area contributed by atoms with Gasteiger partial charge in [0, 0.05) is 51.4 Å². The van der Waals surface area contributed by atoms with Crippen LogP contribution in [-0.4, -0.2) is 160 Å². The molecule has 0 unspecified atom stereocenters. The lowest BCUT2D eigenvalue weighted by Gasteiger charge is -2.27. The van der Waals surface area contributed by atoms with Gasteiger partial charge in [-0.3, -0.25) is 44.6 Å². The molecule has 19 nitrogen and oxygen atoms in total. The van der Waals surface area contributed by atoms with E-state index in [4.69, 9.17) is 10.2 Å². The second kappa shape index (κ2) is 19.9. The summed E-state index contributed by atoms with van der Waals surface area (Å²) in [5.41, 5.74) is 5.93. The molecule has 0 bridgehead atoms. The van der Waals surface area contributed by atoms with Crippen molar-refractivity contribution >= 4 is 48.6 Å². The third-order valence-corrected chi connectivity index (χ3v) is 7.18. The fourth-order valence-corrected chi connectivity index (χ4v) is 4.82. The highest BCUT2D eigenvalue weighted by molar-refractivity contribution is 6.43. The van der Waals surface area contributed by atoms with E-state index < -0.39 is 54.9 Å². The topological polar surface area (TPSA) is 273 Å². The van der Waals surface area contributed by atoms with E-state index in [1.807, 2.05) is 0 Å². The van der Waals surface area contributed by atoms with Gasteiger partial charge < -0.3 is 46.2 Å². The number of nitrogens with zero attached hydrogens (tertiary/aromatic N) is 3. The Balaban J connectivity index is 1.90. The minimum absolute atomic E-state index is 0.000549. The molecule has 2 rings (SSSR count). The van der Waals surface area contributed by atoms with Gasteiger partial charge in [0.05, 0.1) is 31.3 Å². The number of carboxylic acid groups (broad SMARTS) is 3. The van der Waals surface area contributed by atoms with E-state index in [-0.39, 0.29) is 64.5 Å². The Morgan fingerprint density at radius 2 is 1.55 bits per heavy atom. The lowest BCUT2D eigenvalue weighted by Crippen LogP contribution is -2.52.